The van der Waals surface area contributed by atoms with Crippen molar-refractivity contribution in [3.05, 3.63) is 37.5 Å². The van der Waals surface area contributed by atoms with Crippen molar-refractivity contribution >= 4 is 21.3 Å². The van der Waals surface area contributed by atoms with E-state index in [0.717, 1.165) is 0 Å². The average Bonchev–Trinajstić information content (AvgIpc) is 3.12. The molecular weight excluding hydrogens is 585 g/mol. The molecule has 11 atom stereocenters. The Morgan fingerprint density at radius 2 is 1.64 bits per heavy atom. The van der Waals surface area contributed by atoms with Gasteiger partial charge < -0.3 is 49.9 Å². The first-order chi connectivity index (χ1) is 18.1. The number of H-pyrrole nitrogens is 1. The van der Waals surface area contributed by atoms with Crippen molar-refractivity contribution in [2.75, 3.05) is 13.2 Å². The number of aliphatic hydroxyl groups excluding tert-OH is 6. The quantitative estimate of drug-likeness (QED) is 0.0531. The third-order valence-corrected chi connectivity index (χ3v) is 8.01. The molecule has 3 rings (SSSR count). The standard InChI is InChI=1S/C15H23N5O17P2/c16-19-18-4-1-20(15(28)17-12(4)27)13-10(25)8(23)6(34-13)3-33-38(29,30)37-39(31,32)36-14-11(26)9(24)7(22)5(2-21)35-14/h1,5-11,13-14,21-26H,2-3H2,(H,29,30)(H,31,32)(H,17,27,28)/t5-,6-,7-,8-,9+,10-,11-,13-,14+/m1/s1/i39+1. The Morgan fingerprint density at radius 3 is 2.26 bits per heavy atom. The van der Waals surface area contributed by atoms with Crippen molar-refractivity contribution in [2.45, 2.75) is 55.2 Å². The summed E-state index contributed by atoms with van der Waals surface area (Å²) in [7, 11) is -11.2. The van der Waals surface area contributed by atoms with Crippen LogP contribution in [0.1, 0.15) is 6.23 Å². The van der Waals surface area contributed by atoms with Gasteiger partial charge in [0.2, 0.25) is 0 Å². The molecule has 0 radical (unpaired) electrons. The van der Waals surface area contributed by atoms with E-state index in [2.05, 4.69) is 23.4 Å². The molecule has 0 spiro atoms. The monoisotopic (exact) mass is 608 g/mol. The summed E-state index contributed by atoms with van der Waals surface area (Å²) in [6, 6.07) is 0. The summed E-state index contributed by atoms with van der Waals surface area (Å²) in [5, 5.41) is 61.9. The Balaban J connectivity index is 1.66. The third kappa shape index (κ3) is 7.17. The molecular formula is C15H23N5O17P2. The molecule has 1 aromatic rings. The number of hydrogen-bond donors (Lipinski definition) is 9. The lowest BCUT2D eigenvalue weighted by Gasteiger charge is -2.39. The molecule has 220 valence electrons. The van der Waals surface area contributed by atoms with Gasteiger partial charge in [0.15, 0.2) is 12.5 Å². The number of phosphoric acid groups is 2. The highest BCUT2D eigenvalue weighted by atomic mass is 32.2. The Kier molecular flexibility index (Phi) is 9.85. The summed E-state index contributed by atoms with van der Waals surface area (Å²) in [6.45, 7) is -2.03. The summed E-state index contributed by atoms with van der Waals surface area (Å²) < 4.78 is 48.0. The van der Waals surface area contributed by atoms with E-state index in [-0.39, 0.29) is 0 Å². The maximum Gasteiger partial charge on any atom is 0.483 e. The molecule has 1 aromatic heterocycles. The van der Waals surface area contributed by atoms with Crippen LogP contribution in [0.4, 0.5) is 5.69 Å². The summed E-state index contributed by atoms with van der Waals surface area (Å²) in [4.78, 5) is 47.6. The normalized spacial score (nSPS) is 36.1. The van der Waals surface area contributed by atoms with Crippen LogP contribution in [0.5, 0.6) is 0 Å². The van der Waals surface area contributed by atoms with Crippen LogP contribution in [-0.4, -0.2) is 112 Å². The van der Waals surface area contributed by atoms with Crippen LogP contribution >= 0.6 is 15.6 Å². The van der Waals surface area contributed by atoms with E-state index in [1.165, 1.54) is 0 Å². The van der Waals surface area contributed by atoms with Gasteiger partial charge in [-0.25, -0.2) is 13.9 Å². The van der Waals surface area contributed by atoms with Gasteiger partial charge in [-0.2, -0.15) is 4.31 Å². The first-order valence-electron chi connectivity index (χ1n) is 10.5. The second kappa shape index (κ2) is 12.2. The van der Waals surface area contributed by atoms with E-state index in [1.54, 1.807) is 4.98 Å². The second-order valence-electron chi connectivity index (χ2n) is 8.03. The van der Waals surface area contributed by atoms with E-state index in [9.17, 15) is 54.0 Å². The number of aromatic amines is 1. The van der Waals surface area contributed by atoms with Crippen molar-refractivity contribution in [1.29, 1.82) is 0 Å². The Hall–Kier alpha value is -2.07. The van der Waals surface area contributed by atoms with Gasteiger partial charge in [0.1, 0.15) is 48.4 Å². The lowest BCUT2D eigenvalue weighted by atomic mass is 10.00. The number of aromatic nitrogens is 2. The molecule has 2 saturated heterocycles. The molecule has 2 aliphatic heterocycles. The first kappa shape index (κ1) is 31.5. The van der Waals surface area contributed by atoms with Crippen LogP contribution in [0, 0.1) is 0 Å². The number of phosphoric ester groups is 2. The van der Waals surface area contributed by atoms with E-state index < -0.39 is 101 Å². The molecule has 2 unspecified atom stereocenters. The molecule has 9 N–H and O–H groups in total. The minimum atomic E-state index is -5.64. The molecule has 39 heavy (non-hydrogen) atoms. The minimum Gasteiger partial charge on any atom is -0.394 e. The van der Waals surface area contributed by atoms with Crippen molar-refractivity contribution in [3.8, 4) is 0 Å². The maximum absolute atomic E-state index is 12.2. The molecule has 0 aliphatic carbocycles. The summed E-state index contributed by atoms with van der Waals surface area (Å²) in [6.07, 6.45) is -16.3. The minimum absolute atomic E-state index is 0.546. The fourth-order valence-corrected chi connectivity index (χ4v) is 5.66. The van der Waals surface area contributed by atoms with Gasteiger partial charge in [-0.15, -0.1) is 0 Å². The number of nitrogens with one attached hydrogen (secondary N) is 1. The zero-order chi connectivity index (χ0) is 29.3. The van der Waals surface area contributed by atoms with Crippen LogP contribution in [-0.2, 0) is 32.0 Å². The zero-order valence-electron chi connectivity index (χ0n) is 19.1. The Morgan fingerprint density at radius 1 is 1.00 bits per heavy atom. The molecule has 24 heteroatoms. The smallest absolute Gasteiger partial charge is 0.394 e. The number of hydrogen-bond acceptors (Lipinski definition) is 16. The first-order valence-corrected chi connectivity index (χ1v) is 13.5. The molecule has 3 heterocycles. The van der Waals surface area contributed by atoms with Crippen LogP contribution in [0.3, 0.4) is 0 Å². The van der Waals surface area contributed by atoms with Gasteiger partial charge in [0.05, 0.1) is 13.2 Å². The van der Waals surface area contributed by atoms with Crippen LogP contribution in [0.25, 0.3) is 10.4 Å². The zero-order valence-corrected chi connectivity index (χ0v) is 20.9. The van der Waals surface area contributed by atoms with Crippen molar-refractivity contribution in [1.82, 2.24) is 9.55 Å². The Bertz CT molecular complexity index is 1300. The highest BCUT2D eigenvalue weighted by Crippen LogP contribution is 2.61. The van der Waals surface area contributed by atoms with Gasteiger partial charge in [0, 0.05) is 11.1 Å². The van der Waals surface area contributed by atoms with Crippen molar-refractivity contribution in [3.63, 3.8) is 0 Å². The SMILES string of the molecule is [N-]=[N+]=Nc1cn([C@@H]2O[C@H](COP(=O)(O)O[32P](=O)(O)O[C@@H]3O[C@H](CO)[C@@H](O)[C@H](O)[C@H]3O)[C@@H](O)[C@H]2O)c(=O)[nH]c1=O. The maximum atomic E-state index is 12.2. The highest BCUT2D eigenvalue weighted by molar-refractivity contribution is 7.61. The number of ether oxygens (including phenoxy) is 2. The van der Waals surface area contributed by atoms with Gasteiger partial charge in [0.25, 0.3) is 5.56 Å². The van der Waals surface area contributed by atoms with Crippen LogP contribution < -0.4 is 11.2 Å². The van der Waals surface area contributed by atoms with E-state index >= 15 is 0 Å². The molecule has 0 saturated carbocycles. The molecule has 0 aromatic carbocycles. The largest absolute Gasteiger partial charge is 0.483 e. The number of azide groups is 1. The fourth-order valence-electron chi connectivity index (χ4n) is 3.51. The fraction of sp³-hybridized carbons (Fsp3) is 0.733. The molecule has 0 bridgehead atoms. The number of nitrogens with zero attached hydrogens (tertiary/aromatic N) is 4. The highest BCUT2D eigenvalue weighted by Gasteiger charge is 2.49. The van der Waals surface area contributed by atoms with Crippen molar-refractivity contribution in [2.24, 2.45) is 5.11 Å². The van der Waals surface area contributed by atoms with Crippen LogP contribution in [0.2, 0.25) is 0 Å². The summed E-state index contributed by atoms with van der Waals surface area (Å²) >= 11 is 0. The number of rotatable bonds is 10. The van der Waals surface area contributed by atoms with E-state index in [1.807, 2.05) is 0 Å². The molecule has 2 fully saturated rings. The summed E-state index contributed by atoms with van der Waals surface area (Å²) in [5.41, 5.74) is 5.68. The van der Waals surface area contributed by atoms with Crippen LogP contribution in [0.15, 0.2) is 20.9 Å². The lowest BCUT2D eigenvalue weighted by Crippen LogP contribution is -2.58. The number of aliphatic hydroxyl groups is 6. The Labute approximate surface area is 215 Å². The topological polar surface area (TPSA) is 346 Å². The van der Waals surface area contributed by atoms with E-state index in [0.29, 0.717) is 10.8 Å². The van der Waals surface area contributed by atoms with Gasteiger partial charge in [-0.1, -0.05) is 5.11 Å². The second-order valence-corrected chi connectivity index (χ2v) is 11.0. The van der Waals surface area contributed by atoms with Crippen molar-refractivity contribution < 1.29 is 72.4 Å². The average molecular weight is 608 g/mol. The van der Waals surface area contributed by atoms with Gasteiger partial charge in [-0.3, -0.25) is 23.4 Å². The third-order valence-electron chi connectivity index (χ3n) is 5.41. The summed E-state index contributed by atoms with van der Waals surface area (Å²) in [5.74, 6) is 0. The molecule has 2 aliphatic rings. The van der Waals surface area contributed by atoms with E-state index in [4.69, 9.17) is 20.1 Å². The predicted octanol–water partition coefficient (Wildman–Crippen LogP) is -3.85. The van der Waals surface area contributed by atoms with Gasteiger partial charge in [-0.05, 0) is 5.53 Å². The molecule has 22 nitrogen and oxygen atoms in total. The van der Waals surface area contributed by atoms with Gasteiger partial charge >= 0.3 is 21.3 Å². The molecule has 0 amide bonds. The lowest BCUT2D eigenvalue weighted by molar-refractivity contribution is -0.280. The predicted molar refractivity (Wildman–Crippen MR) is 118 cm³/mol.